The van der Waals surface area contributed by atoms with Crippen molar-refractivity contribution in [3.8, 4) is 45.8 Å². The summed E-state index contributed by atoms with van der Waals surface area (Å²) < 4.78 is 5.58. The summed E-state index contributed by atoms with van der Waals surface area (Å²) in [7, 11) is 0. The van der Waals surface area contributed by atoms with Gasteiger partial charge in [-0.25, -0.2) is 4.98 Å². The molecule has 0 aliphatic carbocycles. The van der Waals surface area contributed by atoms with Crippen molar-refractivity contribution in [3.05, 3.63) is 66.2 Å². The van der Waals surface area contributed by atoms with Crippen LogP contribution in [0, 0.1) is 18.3 Å². The average molecular weight is 445 g/mol. The number of piperidine rings is 1. The van der Waals surface area contributed by atoms with Gasteiger partial charge in [-0.1, -0.05) is 5.16 Å². The van der Waals surface area contributed by atoms with E-state index in [1.165, 1.54) is 0 Å². The molecule has 3 aromatic heterocycles. The Bertz CT molecular complexity index is 1350. The lowest BCUT2D eigenvalue weighted by Crippen LogP contribution is -2.39. The minimum absolute atomic E-state index is 0. The van der Waals surface area contributed by atoms with Crippen LogP contribution in [0.2, 0.25) is 0 Å². The average Bonchev–Trinajstić information content (AvgIpc) is 3.35. The van der Waals surface area contributed by atoms with Crippen molar-refractivity contribution in [2.45, 2.75) is 25.2 Å². The summed E-state index contributed by atoms with van der Waals surface area (Å²) >= 11 is 0. The molecule has 8 nitrogen and oxygen atoms in total. The van der Waals surface area contributed by atoms with Crippen LogP contribution in [0.1, 0.15) is 28.5 Å². The van der Waals surface area contributed by atoms with Gasteiger partial charge in [0.05, 0.1) is 29.3 Å². The van der Waals surface area contributed by atoms with Gasteiger partial charge in [0.15, 0.2) is 5.76 Å². The Morgan fingerprint density at radius 1 is 1.06 bits per heavy atom. The summed E-state index contributed by atoms with van der Waals surface area (Å²) in [5, 5.41) is 26.9. The molecule has 1 aromatic carbocycles. The molecular weight excluding hydrogens is 416 g/mol. The summed E-state index contributed by atoms with van der Waals surface area (Å²) in [5.74, 6) is 0.697. The number of phenolic OH excluding ortho intramolecular Hbond substituents is 1. The number of aromatic hydroxyl groups is 1. The normalized spacial score (nSPS) is 15.2. The molecule has 8 heteroatoms. The topological polar surface area (TPSA) is 121 Å². The molecule has 0 radical (unpaired) electrons. The van der Waals surface area contributed by atoms with Crippen LogP contribution in [-0.2, 0) is 5.41 Å². The zero-order valence-electron chi connectivity index (χ0n) is 18.1. The van der Waals surface area contributed by atoms with E-state index in [4.69, 9.17) is 9.51 Å². The van der Waals surface area contributed by atoms with Crippen molar-refractivity contribution < 1.29 is 13.9 Å². The van der Waals surface area contributed by atoms with Crippen LogP contribution in [0.25, 0.3) is 34.0 Å². The lowest BCUT2D eigenvalue weighted by molar-refractivity contribution is 0.375. The molecule has 1 aliphatic heterocycles. The van der Waals surface area contributed by atoms with Crippen molar-refractivity contribution >= 4 is 0 Å². The Labute approximate surface area is 195 Å². The Morgan fingerprint density at radius 3 is 2.61 bits per heavy atom. The van der Waals surface area contributed by atoms with Crippen LogP contribution in [0.5, 0.6) is 5.75 Å². The fourth-order valence-electron chi connectivity index (χ4n) is 4.11. The Kier molecular flexibility index (Phi) is 5.32. The van der Waals surface area contributed by atoms with E-state index in [1.807, 2.05) is 25.1 Å². The molecule has 0 atom stereocenters. The van der Waals surface area contributed by atoms with Gasteiger partial charge in [0.2, 0.25) is 0 Å². The number of nitriles is 1. The van der Waals surface area contributed by atoms with Gasteiger partial charge in [0.25, 0.3) is 0 Å². The highest BCUT2D eigenvalue weighted by Crippen LogP contribution is 2.34. The Morgan fingerprint density at radius 2 is 1.85 bits per heavy atom. The minimum Gasteiger partial charge on any atom is -0.508 e. The van der Waals surface area contributed by atoms with Crippen molar-refractivity contribution in [1.82, 2.24) is 25.4 Å². The second-order valence-corrected chi connectivity index (χ2v) is 8.19. The van der Waals surface area contributed by atoms with Crippen LogP contribution in [0.4, 0.5) is 0 Å². The number of benzene rings is 1. The third-order valence-corrected chi connectivity index (χ3v) is 6.08. The molecule has 0 saturated carbocycles. The van der Waals surface area contributed by atoms with Crippen molar-refractivity contribution in [3.63, 3.8) is 0 Å². The number of aromatic nitrogens is 4. The summed E-state index contributed by atoms with van der Waals surface area (Å²) in [6.45, 7) is 3.46. The summed E-state index contributed by atoms with van der Waals surface area (Å²) in [5.41, 5.74) is 4.48. The molecule has 2 N–H and O–H groups in total. The van der Waals surface area contributed by atoms with Gasteiger partial charge in [0, 0.05) is 27.7 Å². The lowest BCUT2D eigenvalue weighted by atomic mass is 9.77. The number of hydrogen-bond donors (Lipinski definition) is 2. The van der Waals surface area contributed by atoms with Crippen molar-refractivity contribution in [2.24, 2.45) is 0 Å². The van der Waals surface area contributed by atoms with Crippen molar-refractivity contribution in [2.75, 3.05) is 13.1 Å². The maximum atomic E-state index is 9.92. The molecular formula is C25H28N6O2. The number of nitrogens with one attached hydrogen (secondary N) is 1. The highest BCUT2D eigenvalue weighted by Gasteiger charge is 2.35. The van der Waals surface area contributed by atoms with Crippen LogP contribution in [-0.4, -0.2) is 38.3 Å². The largest absolute Gasteiger partial charge is 0.508 e. The predicted octanol–water partition coefficient (Wildman–Crippen LogP) is 4.76. The van der Waals surface area contributed by atoms with Gasteiger partial charge >= 0.3 is 0 Å². The number of phenols is 1. The fraction of sp³-hybridized carbons (Fsp3) is 0.240. The van der Waals surface area contributed by atoms with Gasteiger partial charge in [-0.3, -0.25) is 9.97 Å². The van der Waals surface area contributed by atoms with E-state index in [2.05, 4.69) is 26.5 Å². The van der Waals surface area contributed by atoms with Crippen LogP contribution >= 0.6 is 0 Å². The number of aryl methyl sites for hydroxylation is 1. The molecule has 5 rings (SSSR count). The number of rotatable bonds is 4. The predicted molar refractivity (Wildman–Crippen MR) is 128 cm³/mol. The van der Waals surface area contributed by atoms with E-state index in [9.17, 15) is 10.4 Å². The monoisotopic (exact) mass is 444 g/mol. The lowest BCUT2D eigenvalue weighted by Gasteiger charge is -2.30. The van der Waals surface area contributed by atoms with Crippen molar-refractivity contribution in [1.29, 1.82) is 5.26 Å². The van der Waals surface area contributed by atoms with Crippen LogP contribution in [0.15, 0.2) is 59.4 Å². The zero-order chi connectivity index (χ0) is 22.8. The van der Waals surface area contributed by atoms with Gasteiger partial charge in [-0.15, -0.1) is 0 Å². The third-order valence-electron chi connectivity index (χ3n) is 6.08. The number of nitrogens with zero attached hydrogens (tertiary/aromatic N) is 5. The highest BCUT2D eigenvalue weighted by molar-refractivity contribution is 5.68. The first-order valence-corrected chi connectivity index (χ1v) is 10.8. The minimum atomic E-state index is -0.591. The molecule has 1 fully saturated rings. The van der Waals surface area contributed by atoms with Gasteiger partial charge in [0.1, 0.15) is 22.6 Å². The molecule has 0 spiro atoms. The number of pyridine rings is 1. The number of hydrogen-bond acceptors (Lipinski definition) is 8. The maximum absolute atomic E-state index is 9.92. The molecule has 4 heterocycles. The van der Waals surface area contributed by atoms with E-state index in [0.29, 0.717) is 28.5 Å². The van der Waals surface area contributed by atoms with E-state index in [1.54, 1.807) is 36.7 Å². The van der Waals surface area contributed by atoms with Gasteiger partial charge in [-0.2, -0.15) is 5.26 Å². The molecule has 0 unspecified atom stereocenters. The van der Waals surface area contributed by atoms with Gasteiger partial charge in [-0.05, 0) is 69.3 Å². The Hall–Kier alpha value is -4.09. The van der Waals surface area contributed by atoms with E-state index in [-0.39, 0.29) is 10.0 Å². The molecule has 0 amide bonds. The van der Waals surface area contributed by atoms with Crippen LogP contribution in [0.3, 0.4) is 0 Å². The summed E-state index contributed by atoms with van der Waals surface area (Å²) in [6.07, 6.45) is 4.90. The molecule has 1 aliphatic rings. The molecule has 33 heavy (non-hydrogen) atoms. The zero-order valence-corrected chi connectivity index (χ0v) is 18.1. The van der Waals surface area contributed by atoms with Crippen LogP contribution < -0.4 is 5.32 Å². The van der Waals surface area contributed by atoms with E-state index in [0.717, 1.165) is 42.8 Å². The van der Waals surface area contributed by atoms with E-state index < -0.39 is 5.41 Å². The fourth-order valence-corrected chi connectivity index (χ4v) is 4.11. The van der Waals surface area contributed by atoms with E-state index >= 15 is 0 Å². The first-order chi connectivity index (χ1) is 16.1. The second kappa shape index (κ2) is 8.45. The first-order valence-electron chi connectivity index (χ1n) is 10.8. The molecule has 4 aromatic rings. The smallest absolute Gasteiger partial charge is 0.187 e. The third kappa shape index (κ3) is 3.95. The SMILES string of the molecule is Cc1ncc(-c2ccnc(C3(C#N)CCNCC3)c2)nc1-c1cc(-c2ccc(O)cc2)no1.[HH].[HH].[HH]. The first kappa shape index (κ1) is 20.8. The van der Waals surface area contributed by atoms with Gasteiger partial charge < -0.3 is 14.9 Å². The highest BCUT2D eigenvalue weighted by atomic mass is 16.5. The molecule has 1 saturated heterocycles. The second-order valence-electron chi connectivity index (χ2n) is 8.19. The molecule has 170 valence electrons. The maximum Gasteiger partial charge on any atom is 0.187 e. The standard InChI is InChI=1S/C25H22N6O2.3H2/c1-16-24(22-13-20(31-33-22)17-2-4-19(32)5-3-17)30-21(14-29-16)18-6-9-28-23(12-18)25(15-26)7-10-27-11-8-25;;;/h2-6,9,12-14,27,32H,7-8,10-11H2,1H3;3*1H. The summed E-state index contributed by atoms with van der Waals surface area (Å²) in [6, 6.07) is 14.9. The molecule has 0 bridgehead atoms. The Balaban J connectivity index is 0.00000152. The quantitative estimate of drug-likeness (QED) is 0.462. The summed E-state index contributed by atoms with van der Waals surface area (Å²) in [4.78, 5) is 13.9.